The highest BCUT2D eigenvalue weighted by atomic mass is 16.5. The smallest absolute Gasteiger partial charge is 0.0742 e. The fourth-order valence-electron chi connectivity index (χ4n) is 3.05. The topological polar surface area (TPSA) is 32.7 Å². The monoisotopic (exact) mass is 199 g/mol. The lowest BCUT2D eigenvalue weighted by Crippen LogP contribution is -2.45. The number of methoxy groups -OCH3 is 1. The first kappa shape index (κ1) is 10.4. The minimum absolute atomic E-state index is 0.226. The van der Waals surface area contributed by atoms with E-state index in [0.717, 1.165) is 13.0 Å². The van der Waals surface area contributed by atoms with Crippen LogP contribution < -0.4 is 0 Å². The van der Waals surface area contributed by atoms with E-state index in [1.165, 1.54) is 19.3 Å². The van der Waals surface area contributed by atoms with Crippen molar-refractivity contribution in [2.75, 3.05) is 13.7 Å². The van der Waals surface area contributed by atoms with Crippen LogP contribution in [0.4, 0.5) is 0 Å². The molecule has 0 unspecified atom stereocenters. The van der Waals surface area contributed by atoms with Crippen LogP contribution in [-0.2, 0) is 4.74 Å². The van der Waals surface area contributed by atoms with Crippen molar-refractivity contribution in [2.24, 2.45) is 0 Å². The third-order valence-electron chi connectivity index (χ3n) is 3.78. The van der Waals surface area contributed by atoms with Gasteiger partial charge in [0.1, 0.15) is 0 Å². The molecule has 0 aromatic rings. The van der Waals surface area contributed by atoms with Crippen molar-refractivity contribution in [3.8, 4) is 0 Å². The zero-order chi connectivity index (χ0) is 10.1. The number of aliphatic hydroxyl groups is 1. The molecule has 2 aliphatic rings. The first-order chi connectivity index (χ1) is 6.74. The van der Waals surface area contributed by atoms with Crippen LogP contribution in [0, 0.1) is 0 Å². The van der Waals surface area contributed by atoms with Gasteiger partial charge in [-0.25, -0.2) is 0 Å². The fraction of sp³-hybridized carbons (Fsp3) is 1.00. The first-order valence-electron chi connectivity index (χ1n) is 5.70. The van der Waals surface area contributed by atoms with E-state index in [4.69, 9.17) is 4.74 Å². The molecule has 2 aliphatic heterocycles. The van der Waals surface area contributed by atoms with Gasteiger partial charge < -0.3 is 9.84 Å². The second-order valence-electron chi connectivity index (χ2n) is 4.62. The predicted octanol–water partition coefficient (Wildman–Crippen LogP) is 1.01. The van der Waals surface area contributed by atoms with Crippen molar-refractivity contribution < 1.29 is 9.84 Å². The molecule has 2 rings (SSSR count). The lowest BCUT2D eigenvalue weighted by Gasteiger charge is -2.35. The highest BCUT2D eigenvalue weighted by Crippen LogP contribution is 2.34. The second kappa shape index (κ2) is 4.17. The molecule has 0 radical (unpaired) electrons. The molecule has 3 heteroatoms. The zero-order valence-corrected chi connectivity index (χ0v) is 9.15. The summed E-state index contributed by atoms with van der Waals surface area (Å²) in [5, 5.41) is 9.71. The van der Waals surface area contributed by atoms with Crippen LogP contribution in [0.5, 0.6) is 0 Å². The third kappa shape index (κ3) is 1.69. The molecule has 2 heterocycles. The van der Waals surface area contributed by atoms with E-state index in [1.54, 1.807) is 7.11 Å². The number of hydrogen-bond acceptors (Lipinski definition) is 3. The molecule has 3 nitrogen and oxygen atoms in total. The van der Waals surface area contributed by atoms with Gasteiger partial charge in [-0.1, -0.05) is 6.42 Å². The molecule has 82 valence electrons. The van der Waals surface area contributed by atoms with E-state index < -0.39 is 0 Å². The van der Waals surface area contributed by atoms with E-state index in [9.17, 15) is 5.11 Å². The van der Waals surface area contributed by atoms with Crippen LogP contribution in [0.1, 0.15) is 32.6 Å². The van der Waals surface area contributed by atoms with Gasteiger partial charge in [0.05, 0.1) is 12.2 Å². The van der Waals surface area contributed by atoms with Crippen LogP contribution in [0.3, 0.4) is 0 Å². The van der Waals surface area contributed by atoms with Crippen molar-refractivity contribution in [3.63, 3.8) is 0 Å². The summed E-state index contributed by atoms with van der Waals surface area (Å²) >= 11 is 0. The van der Waals surface area contributed by atoms with Crippen molar-refractivity contribution in [2.45, 2.75) is 56.9 Å². The van der Waals surface area contributed by atoms with Gasteiger partial charge in [-0.05, 0) is 32.7 Å². The Balaban J connectivity index is 2.08. The van der Waals surface area contributed by atoms with E-state index in [2.05, 4.69) is 4.90 Å². The molecular formula is C11H21NO2. The number of ether oxygens (including phenoxy) is 1. The lowest BCUT2D eigenvalue weighted by molar-refractivity contribution is 0.0308. The molecular weight excluding hydrogens is 178 g/mol. The Hall–Kier alpha value is -0.120. The Morgan fingerprint density at radius 3 is 2.86 bits per heavy atom. The third-order valence-corrected chi connectivity index (χ3v) is 3.78. The molecule has 1 N–H and O–H groups in total. The van der Waals surface area contributed by atoms with Crippen molar-refractivity contribution >= 4 is 0 Å². The SMILES string of the molecule is CO[C@@H]1C[C@H]([C@H](C)O)N2CCCC[C@H]12. The molecule has 0 spiro atoms. The van der Waals surface area contributed by atoms with Gasteiger partial charge in [-0.3, -0.25) is 4.90 Å². The number of nitrogens with zero attached hydrogens (tertiary/aromatic N) is 1. The maximum Gasteiger partial charge on any atom is 0.0742 e. The molecule has 0 aromatic carbocycles. The fourth-order valence-corrected chi connectivity index (χ4v) is 3.05. The van der Waals surface area contributed by atoms with Crippen LogP contribution in [0.2, 0.25) is 0 Å². The van der Waals surface area contributed by atoms with Crippen LogP contribution in [0.15, 0.2) is 0 Å². The van der Waals surface area contributed by atoms with Gasteiger partial charge in [0.15, 0.2) is 0 Å². The Morgan fingerprint density at radius 1 is 1.43 bits per heavy atom. The summed E-state index contributed by atoms with van der Waals surface area (Å²) in [4.78, 5) is 2.46. The highest BCUT2D eigenvalue weighted by Gasteiger charge is 2.43. The quantitative estimate of drug-likeness (QED) is 0.720. The summed E-state index contributed by atoms with van der Waals surface area (Å²) in [6, 6.07) is 0.888. The van der Waals surface area contributed by atoms with Crippen LogP contribution in [-0.4, -0.2) is 48.0 Å². The molecule has 0 saturated carbocycles. The summed E-state index contributed by atoms with van der Waals surface area (Å²) in [7, 11) is 1.79. The van der Waals surface area contributed by atoms with Crippen molar-refractivity contribution in [1.29, 1.82) is 0 Å². The molecule has 2 saturated heterocycles. The van der Waals surface area contributed by atoms with Crippen LogP contribution in [0.25, 0.3) is 0 Å². The summed E-state index contributed by atoms with van der Waals surface area (Å²) in [5.74, 6) is 0. The number of fused-ring (bicyclic) bond motifs is 1. The summed E-state index contributed by atoms with van der Waals surface area (Å²) in [6.45, 7) is 3.04. The summed E-state index contributed by atoms with van der Waals surface area (Å²) in [5.41, 5.74) is 0. The summed E-state index contributed by atoms with van der Waals surface area (Å²) in [6.07, 6.45) is 4.94. The first-order valence-corrected chi connectivity index (χ1v) is 5.70. The highest BCUT2D eigenvalue weighted by molar-refractivity contribution is 4.98. The largest absolute Gasteiger partial charge is 0.392 e. The standard InChI is InChI=1S/C11H21NO2/c1-8(13)10-7-11(14-2)9-5-3-4-6-12(9)10/h8-11,13H,3-7H2,1-2H3/t8-,9+,10+,11+/m0/s1. The minimum Gasteiger partial charge on any atom is -0.392 e. The molecule has 0 amide bonds. The molecule has 4 atom stereocenters. The zero-order valence-electron chi connectivity index (χ0n) is 9.15. The number of aliphatic hydroxyl groups excluding tert-OH is 1. The van der Waals surface area contributed by atoms with Gasteiger partial charge >= 0.3 is 0 Å². The number of piperidine rings is 1. The normalized spacial score (nSPS) is 40.9. The van der Waals surface area contributed by atoms with E-state index in [-0.39, 0.29) is 6.10 Å². The Labute approximate surface area is 86.0 Å². The number of hydrogen-bond donors (Lipinski definition) is 1. The van der Waals surface area contributed by atoms with Gasteiger partial charge in [0, 0.05) is 19.2 Å². The molecule has 0 aliphatic carbocycles. The van der Waals surface area contributed by atoms with Gasteiger partial charge in [-0.2, -0.15) is 0 Å². The molecule has 14 heavy (non-hydrogen) atoms. The molecule has 0 bridgehead atoms. The van der Waals surface area contributed by atoms with Gasteiger partial charge in [0.25, 0.3) is 0 Å². The molecule has 2 fully saturated rings. The van der Waals surface area contributed by atoms with E-state index in [1.807, 2.05) is 6.92 Å². The lowest BCUT2D eigenvalue weighted by atomic mass is 10.0. The summed E-state index contributed by atoms with van der Waals surface area (Å²) < 4.78 is 5.51. The average Bonchev–Trinajstić information content (AvgIpc) is 2.56. The maximum atomic E-state index is 9.71. The molecule has 0 aromatic heterocycles. The van der Waals surface area contributed by atoms with Crippen molar-refractivity contribution in [3.05, 3.63) is 0 Å². The predicted molar refractivity (Wildman–Crippen MR) is 55.2 cm³/mol. The van der Waals surface area contributed by atoms with E-state index in [0.29, 0.717) is 18.2 Å². The second-order valence-corrected chi connectivity index (χ2v) is 4.62. The maximum absolute atomic E-state index is 9.71. The average molecular weight is 199 g/mol. The Bertz CT molecular complexity index is 194. The van der Waals surface area contributed by atoms with Gasteiger partial charge in [0.2, 0.25) is 0 Å². The van der Waals surface area contributed by atoms with Gasteiger partial charge in [-0.15, -0.1) is 0 Å². The number of rotatable bonds is 2. The van der Waals surface area contributed by atoms with E-state index >= 15 is 0 Å². The Morgan fingerprint density at radius 2 is 2.21 bits per heavy atom. The van der Waals surface area contributed by atoms with Crippen LogP contribution >= 0.6 is 0 Å². The van der Waals surface area contributed by atoms with Crippen molar-refractivity contribution in [1.82, 2.24) is 4.90 Å². The minimum atomic E-state index is -0.226. The Kier molecular flexibility index (Phi) is 3.10.